The van der Waals surface area contributed by atoms with Gasteiger partial charge >= 0.3 is 0 Å². The predicted octanol–water partition coefficient (Wildman–Crippen LogP) is 2.65. The highest BCUT2D eigenvalue weighted by atomic mass is 16.6. The van der Waals surface area contributed by atoms with Gasteiger partial charge in [-0.2, -0.15) is 0 Å². The highest BCUT2D eigenvalue weighted by molar-refractivity contribution is 5.08. The van der Waals surface area contributed by atoms with E-state index in [0.29, 0.717) is 5.92 Å². The number of pyridine rings is 1. The molecule has 1 aromatic heterocycles. The molecule has 1 aromatic rings. The zero-order chi connectivity index (χ0) is 17.0. The van der Waals surface area contributed by atoms with Crippen molar-refractivity contribution in [1.29, 1.82) is 0 Å². The molecule has 0 N–H and O–H groups in total. The Balaban J connectivity index is 1.20. The highest BCUT2D eigenvalue weighted by Gasteiger charge is 2.43. The Morgan fingerprint density at radius 2 is 2.08 bits per heavy atom. The lowest BCUT2D eigenvalue weighted by Gasteiger charge is -2.38. The summed E-state index contributed by atoms with van der Waals surface area (Å²) in [7, 11) is 0. The lowest BCUT2D eigenvalue weighted by Crippen LogP contribution is -2.44. The van der Waals surface area contributed by atoms with E-state index in [2.05, 4.69) is 16.0 Å². The van der Waals surface area contributed by atoms with E-state index in [4.69, 9.17) is 14.2 Å². The van der Waals surface area contributed by atoms with Gasteiger partial charge in [0.15, 0.2) is 0 Å². The van der Waals surface area contributed by atoms with Gasteiger partial charge in [-0.15, -0.1) is 0 Å². The first-order chi connectivity index (χ1) is 12.3. The van der Waals surface area contributed by atoms with Crippen LogP contribution < -0.4 is 0 Å². The first-order valence-electron chi connectivity index (χ1n) is 9.76. The standard InChI is InChI=1S/C20H30N2O3/c1-2-18(13-21-7-1)14-22-8-5-20(6-9-22)12-19(16-25-20)24-15-17-3-10-23-11-4-17/h1-2,7,13,17,19H,3-6,8-12,14-16H2/t19-/m0/s1. The Morgan fingerprint density at radius 1 is 1.24 bits per heavy atom. The van der Waals surface area contributed by atoms with Gasteiger partial charge in [0.05, 0.1) is 24.9 Å². The van der Waals surface area contributed by atoms with E-state index in [0.717, 1.165) is 78.2 Å². The zero-order valence-electron chi connectivity index (χ0n) is 15.1. The van der Waals surface area contributed by atoms with Crippen LogP contribution in [-0.4, -0.2) is 61.1 Å². The summed E-state index contributed by atoms with van der Waals surface area (Å²) in [6, 6.07) is 4.17. The van der Waals surface area contributed by atoms with Crippen LogP contribution in [0.25, 0.3) is 0 Å². The van der Waals surface area contributed by atoms with Crippen LogP contribution in [0.3, 0.4) is 0 Å². The fourth-order valence-corrected chi connectivity index (χ4v) is 4.31. The number of likely N-dealkylation sites (tertiary alicyclic amines) is 1. The predicted molar refractivity (Wildman–Crippen MR) is 95.3 cm³/mol. The maximum absolute atomic E-state index is 6.24. The molecule has 4 heterocycles. The molecule has 3 saturated heterocycles. The molecule has 5 nitrogen and oxygen atoms in total. The van der Waals surface area contributed by atoms with Gasteiger partial charge in [-0.3, -0.25) is 9.88 Å². The topological polar surface area (TPSA) is 43.8 Å². The molecule has 4 rings (SSSR count). The van der Waals surface area contributed by atoms with Crippen LogP contribution in [0, 0.1) is 5.92 Å². The summed E-state index contributed by atoms with van der Waals surface area (Å²) in [6.45, 7) is 6.63. The Bertz CT molecular complexity index is 525. The Labute approximate surface area is 150 Å². The Kier molecular flexibility index (Phi) is 5.66. The molecule has 3 fully saturated rings. The van der Waals surface area contributed by atoms with Gasteiger partial charge in [0, 0.05) is 51.7 Å². The number of ether oxygens (including phenoxy) is 3. The number of aromatic nitrogens is 1. The van der Waals surface area contributed by atoms with Crippen molar-refractivity contribution in [3.63, 3.8) is 0 Å². The molecule has 5 heteroatoms. The highest BCUT2D eigenvalue weighted by Crippen LogP contribution is 2.37. The van der Waals surface area contributed by atoms with Gasteiger partial charge < -0.3 is 14.2 Å². The van der Waals surface area contributed by atoms with Crippen molar-refractivity contribution in [2.75, 3.05) is 39.5 Å². The van der Waals surface area contributed by atoms with Gasteiger partial charge in [0.2, 0.25) is 0 Å². The lowest BCUT2D eigenvalue weighted by molar-refractivity contribution is -0.0479. The van der Waals surface area contributed by atoms with Crippen LogP contribution in [0.15, 0.2) is 24.5 Å². The largest absolute Gasteiger partial charge is 0.381 e. The van der Waals surface area contributed by atoms with Crippen LogP contribution in [0.1, 0.15) is 37.7 Å². The lowest BCUT2D eigenvalue weighted by atomic mass is 9.88. The second-order valence-corrected chi connectivity index (χ2v) is 7.85. The smallest absolute Gasteiger partial charge is 0.0836 e. The quantitative estimate of drug-likeness (QED) is 0.820. The number of hydrogen-bond acceptors (Lipinski definition) is 5. The third kappa shape index (κ3) is 4.59. The van der Waals surface area contributed by atoms with E-state index in [9.17, 15) is 0 Å². The molecule has 0 amide bonds. The van der Waals surface area contributed by atoms with Gasteiger partial charge in [-0.05, 0) is 43.2 Å². The molecule has 3 aliphatic heterocycles. The van der Waals surface area contributed by atoms with Crippen molar-refractivity contribution in [3.8, 4) is 0 Å². The van der Waals surface area contributed by atoms with Crippen molar-refractivity contribution in [2.24, 2.45) is 5.92 Å². The fraction of sp³-hybridized carbons (Fsp3) is 0.750. The molecular formula is C20H30N2O3. The van der Waals surface area contributed by atoms with Crippen molar-refractivity contribution in [1.82, 2.24) is 9.88 Å². The van der Waals surface area contributed by atoms with Crippen LogP contribution in [0.4, 0.5) is 0 Å². The van der Waals surface area contributed by atoms with Crippen LogP contribution in [0.5, 0.6) is 0 Å². The third-order valence-corrected chi connectivity index (χ3v) is 5.98. The molecule has 25 heavy (non-hydrogen) atoms. The van der Waals surface area contributed by atoms with E-state index in [-0.39, 0.29) is 11.7 Å². The third-order valence-electron chi connectivity index (χ3n) is 5.98. The SMILES string of the molecule is c1cncc(CN2CCC3(CC2)C[C@H](OCC2CCOCC2)CO3)c1. The van der Waals surface area contributed by atoms with Crippen LogP contribution in [-0.2, 0) is 20.8 Å². The summed E-state index contributed by atoms with van der Waals surface area (Å²) in [5.74, 6) is 0.673. The summed E-state index contributed by atoms with van der Waals surface area (Å²) in [6.07, 6.45) is 9.67. The first-order valence-corrected chi connectivity index (χ1v) is 9.76. The van der Waals surface area contributed by atoms with E-state index < -0.39 is 0 Å². The molecule has 0 radical (unpaired) electrons. The van der Waals surface area contributed by atoms with Crippen LogP contribution in [0.2, 0.25) is 0 Å². The summed E-state index contributed by atoms with van der Waals surface area (Å²) < 4.78 is 17.9. The molecule has 0 aromatic carbocycles. The van der Waals surface area contributed by atoms with Crippen molar-refractivity contribution >= 4 is 0 Å². The molecule has 0 aliphatic carbocycles. The van der Waals surface area contributed by atoms with Crippen LogP contribution >= 0.6 is 0 Å². The molecule has 0 unspecified atom stereocenters. The zero-order valence-corrected chi connectivity index (χ0v) is 15.1. The van der Waals surface area contributed by atoms with Crippen molar-refractivity contribution in [2.45, 2.75) is 50.4 Å². The molecule has 1 atom stereocenters. The average molecular weight is 346 g/mol. The molecule has 0 bridgehead atoms. The van der Waals surface area contributed by atoms with E-state index in [1.165, 1.54) is 5.56 Å². The normalized spacial score (nSPS) is 27.8. The molecule has 0 saturated carbocycles. The van der Waals surface area contributed by atoms with E-state index in [1.54, 1.807) is 0 Å². The van der Waals surface area contributed by atoms with Crippen molar-refractivity contribution in [3.05, 3.63) is 30.1 Å². The Morgan fingerprint density at radius 3 is 2.84 bits per heavy atom. The first kappa shape index (κ1) is 17.4. The monoisotopic (exact) mass is 346 g/mol. The Hall–Kier alpha value is -1.01. The molecule has 3 aliphatic rings. The average Bonchev–Trinajstić information content (AvgIpc) is 3.07. The van der Waals surface area contributed by atoms with Gasteiger partial charge in [-0.1, -0.05) is 6.07 Å². The summed E-state index contributed by atoms with van der Waals surface area (Å²) in [5.41, 5.74) is 1.36. The summed E-state index contributed by atoms with van der Waals surface area (Å²) in [4.78, 5) is 6.73. The van der Waals surface area contributed by atoms with E-state index >= 15 is 0 Å². The van der Waals surface area contributed by atoms with Crippen molar-refractivity contribution < 1.29 is 14.2 Å². The summed E-state index contributed by atoms with van der Waals surface area (Å²) in [5, 5.41) is 0. The minimum atomic E-state index is 0.0613. The number of nitrogens with zero attached hydrogens (tertiary/aromatic N) is 2. The number of rotatable bonds is 5. The van der Waals surface area contributed by atoms with E-state index in [1.807, 2.05) is 18.5 Å². The second-order valence-electron chi connectivity index (χ2n) is 7.85. The maximum atomic E-state index is 6.24. The second kappa shape index (κ2) is 8.12. The fourth-order valence-electron chi connectivity index (χ4n) is 4.31. The minimum absolute atomic E-state index is 0.0613. The van der Waals surface area contributed by atoms with Gasteiger partial charge in [0.25, 0.3) is 0 Å². The van der Waals surface area contributed by atoms with Gasteiger partial charge in [0.1, 0.15) is 0 Å². The molecule has 138 valence electrons. The number of hydrogen-bond donors (Lipinski definition) is 0. The number of piperidine rings is 1. The summed E-state index contributed by atoms with van der Waals surface area (Å²) >= 11 is 0. The molecular weight excluding hydrogens is 316 g/mol. The maximum Gasteiger partial charge on any atom is 0.0836 e. The minimum Gasteiger partial charge on any atom is -0.381 e. The van der Waals surface area contributed by atoms with Gasteiger partial charge in [-0.25, -0.2) is 0 Å². The molecule has 1 spiro atoms.